The number of aromatic nitrogens is 2. The van der Waals surface area contributed by atoms with E-state index in [1.54, 1.807) is 0 Å². The molecule has 15 heavy (non-hydrogen) atoms. The van der Waals surface area contributed by atoms with Crippen LogP contribution < -0.4 is 4.74 Å². The SMILES string of the molecule is CC(=O)COc1ncnc2ccccc12. The molecule has 4 nitrogen and oxygen atoms in total. The molecule has 4 heteroatoms. The lowest BCUT2D eigenvalue weighted by Gasteiger charge is -2.04. The predicted molar refractivity (Wildman–Crippen MR) is 55.7 cm³/mol. The van der Waals surface area contributed by atoms with Gasteiger partial charge in [-0.2, -0.15) is 0 Å². The van der Waals surface area contributed by atoms with Crippen LogP contribution in [0.5, 0.6) is 5.88 Å². The van der Waals surface area contributed by atoms with Crippen LogP contribution >= 0.6 is 0 Å². The summed E-state index contributed by atoms with van der Waals surface area (Å²) in [6.45, 7) is 1.52. The second-order valence-electron chi connectivity index (χ2n) is 3.19. The van der Waals surface area contributed by atoms with E-state index in [4.69, 9.17) is 4.74 Å². The Morgan fingerprint density at radius 2 is 2.13 bits per heavy atom. The topological polar surface area (TPSA) is 52.1 Å². The van der Waals surface area contributed by atoms with E-state index < -0.39 is 0 Å². The van der Waals surface area contributed by atoms with Crippen molar-refractivity contribution in [2.45, 2.75) is 6.92 Å². The third-order valence-corrected chi connectivity index (χ3v) is 1.92. The fourth-order valence-corrected chi connectivity index (χ4v) is 1.27. The molecule has 0 saturated heterocycles. The number of hydrogen-bond donors (Lipinski definition) is 0. The Bertz CT molecular complexity index is 491. The largest absolute Gasteiger partial charge is 0.469 e. The number of ketones is 1. The fraction of sp³-hybridized carbons (Fsp3) is 0.182. The van der Waals surface area contributed by atoms with Crippen molar-refractivity contribution in [1.82, 2.24) is 9.97 Å². The van der Waals surface area contributed by atoms with Gasteiger partial charge in [0, 0.05) is 0 Å². The molecule has 2 rings (SSSR count). The van der Waals surface area contributed by atoms with Crippen LogP contribution in [-0.2, 0) is 4.79 Å². The molecule has 0 aliphatic heterocycles. The van der Waals surface area contributed by atoms with Crippen molar-refractivity contribution in [1.29, 1.82) is 0 Å². The maximum atomic E-state index is 10.8. The third kappa shape index (κ3) is 2.10. The summed E-state index contributed by atoms with van der Waals surface area (Å²) in [6.07, 6.45) is 1.43. The van der Waals surface area contributed by atoms with E-state index in [1.807, 2.05) is 24.3 Å². The highest BCUT2D eigenvalue weighted by Crippen LogP contribution is 2.20. The van der Waals surface area contributed by atoms with Gasteiger partial charge in [-0.1, -0.05) is 12.1 Å². The predicted octanol–water partition coefficient (Wildman–Crippen LogP) is 1.60. The van der Waals surface area contributed by atoms with Gasteiger partial charge in [0.25, 0.3) is 0 Å². The van der Waals surface area contributed by atoms with E-state index in [9.17, 15) is 4.79 Å². The van der Waals surface area contributed by atoms with Gasteiger partial charge in [0.15, 0.2) is 5.78 Å². The Morgan fingerprint density at radius 1 is 1.33 bits per heavy atom. The van der Waals surface area contributed by atoms with Crippen molar-refractivity contribution in [2.24, 2.45) is 0 Å². The second-order valence-corrected chi connectivity index (χ2v) is 3.19. The molecule has 0 fully saturated rings. The molecule has 0 unspecified atom stereocenters. The normalized spacial score (nSPS) is 10.2. The zero-order chi connectivity index (χ0) is 10.7. The van der Waals surface area contributed by atoms with Crippen molar-refractivity contribution in [3.63, 3.8) is 0 Å². The summed E-state index contributed by atoms with van der Waals surface area (Å²) < 4.78 is 5.28. The second kappa shape index (κ2) is 4.04. The van der Waals surface area contributed by atoms with E-state index in [0.717, 1.165) is 10.9 Å². The lowest BCUT2D eigenvalue weighted by atomic mass is 10.2. The standard InChI is InChI=1S/C11H10N2O2/c1-8(14)6-15-11-9-4-2-3-5-10(9)12-7-13-11/h2-5,7H,6H2,1H3. The highest BCUT2D eigenvalue weighted by molar-refractivity contribution is 5.83. The Kier molecular flexibility index (Phi) is 2.58. The molecule has 0 amide bonds. The van der Waals surface area contributed by atoms with Crippen molar-refractivity contribution >= 4 is 16.7 Å². The van der Waals surface area contributed by atoms with Gasteiger partial charge in [0.05, 0.1) is 10.9 Å². The number of hydrogen-bond acceptors (Lipinski definition) is 4. The Balaban J connectivity index is 2.38. The van der Waals surface area contributed by atoms with E-state index in [2.05, 4.69) is 9.97 Å². The minimum atomic E-state index is -0.0299. The summed E-state index contributed by atoms with van der Waals surface area (Å²) in [6, 6.07) is 7.51. The Hall–Kier alpha value is -1.97. The molecule has 2 aromatic rings. The van der Waals surface area contributed by atoms with E-state index in [-0.39, 0.29) is 12.4 Å². The number of ether oxygens (including phenoxy) is 1. The average molecular weight is 202 g/mol. The van der Waals surface area contributed by atoms with Gasteiger partial charge in [0.2, 0.25) is 5.88 Å². The molecule has 1 aromatic heterocycles. The number of Topliss-reactive ketones (excluding diaryl/α,β-unsaturated/α-hetero) is 1. The van der Waals surface area contributed by atoms with Crippen LogP contribution in [0.2, 0.25) is 0 Å². The number of carbonyl (C=O) groups excluding carboxylic acids is 1. The summed E-state index contributed by atoms with van der Waals surface area (Å²) in [5.41, 5.74) is 0.811. The third-order valence-electron chi connectivity index (χ3n) is 1.92. The quantitative estimate of drug-likeness (QED) is 0.758. The highest BCUT2D eigenvalue weighted by Gasteiger charge is 2.04. The number of fused-ring (bicyclic) bond motifs is 1. The molecule has 1 heterocycles. The van der Waals surface area contributed by atoms with Crippen molar-refractivity contribution in [2.75, 3.05) is 6.61 Å². The van der Waals surface area contributed by atoms with Crippen LogP contribution in [-0.4, -0.2) is 22.4 Å². The van der Waals surface area contributed by atoms with Crippen LogP contribution in [0, 0.1) is 0 Å². The first-order valence-corrected chi connectivity index (χ1v) is 4.59. The summed E-state index contributed by atoms with van der Waals surface area (Å²) in [4.78, 5) is 18.9. The van der Waals surface area contributed by atoms with Gasteiger partial charge in [-0.3, -0.25) is 4.79 Å². The summed E-state index contributed by atoms with van der Waals surface area (Å²) in [7, 11) is 0. The van der Waals surface area contributed by atoms with Gasteiger partial charge in [-0.05, 0) is 19.1 Å². The lowest BCUT2D eigenvalue weighted by molar-refractivity contribution is -0.118. The van der Waals surface area contributed by atoms with Gasteiger partial charge in [0.1, 0.15) is 12.9 Å². The molecule has 0 aliphatic rings. The van der Waals surface area contributed by atoms with Crippen LogP contribution in [0.4, 0.5) is 0 Å². The first-order valence-electron chi connectivity index (χ1n) is 4.59. The zero-order valence-electron chi connectivity index (χ0n) is 8.30. The van der Waals surface area contributed by atoms with Crippen molar-refractivity contribution in [3.8, 4) is 5.88 Å². The maximum absolute atomic E-state index is 10.8. The number of rotatable bonds is 3. The van der Waals surface area contributed by atoms with Crippen LogP contribution in [0.1, 0.15) is 6.92 Å². The molecule has 0 N–H and O–H groups in total. The highest BCUT2D eigenvalue weighted by atomic mass is 16.5. The lowest BCUT2D eigenvalue weighted by Crippen LogP contribution is -2.07. The molecule has 0 atom stereocenters. The molecule has 1 aromatic carbocycles. The molecule has 0 radical (unpaired) electrons. The number of nitrogens with zero attached hydrogens (tertiary/aromatic N) is 2. The fourth-order valence-electron chi connectivity index (χ4n) is 1.27. The monoisotopic (exact) mass is 202 g/mol. The molecule has 0 bridgehead atoms. The van der Waals surface area contributed by atoms with E-state index >= 15 is 0 Å². The first kappa shape index (κ1) is 9.58. The maximum Gasteiger partial charge on any atom is 0.224 e. The number of para-hydroxylation sites is 1. The average Bonchev–Trinajstić information content (AvgIpc) is 2.26. The first-order chi connectivity index (χ1) is 7.27. The minimum absolute atomic E-state index is 0.0299. The van der Waals surface area contributed by atoms with E-state index in [1.165, 1.54) is 13.3 Å². The minimum Gasteiger partial charge on any atom is -0.469 e. The molecule has 0 spiro atoms. The van der Waals surface area contributed by atoms with Gasteiger partial charge >= 0.3 is 0 Å². The molecule has 0 aliphatic carbocycles. The Labute approximate surface area is 86.9 Å². The summed E-state index contributed by atoms with van der Waals surface area (Å²) in [5, 5.41) is 0.821. The van der Waals surface area contributed by atoms with Crippen LogP contribution in [0.3, 0.4) is 0 Å². The van der Waals surface area contributed by atoms with Crippen LogP contribution in [0.25, 0.3) is 10.9 Å². The van der Waals surface area contributed by atoms with Gasteiger partial charge in [-0.25, -0.2) is 9.97 Å². The molecular weight excluding hydrogens is 192 g/mol. The van der Waals surface area contributed by atoms with Crippen molar-refractivity contribution in [3.05, 3.63) is 30.6 Å². The molecular formula is C11H10N2O2. The van der Waals surface area contributed by atoms with Gasteiger partial charge < -0.3 is 4.74 Å². The smallest absolute Gasteiger partial charge is 0.224 e. The molecule has 76 valence electrons. The van der Waals surface area contributed by atoms with Crippen LogP contribution in [0.15, 0.2) is 30.6 Å². The van der Waals surface area contributed by atoms with Gasteiger partial charge in [-0.15, -0.1) is 0 Å². The number of carbonyl (C=O) groups is 1. The Morgan fingerprint density at radius 3 is 2.93 bits per heavy atom. The zero-order valence-corrected chi connectivity index (χ0v) is 8.30. The molecule has 0 saturated carbocycles. The van der Waals surface area contributed by atoms with E-state index in [0.29, 0.717) is 5.88 Å². The van der Waals surface area contributed by atoms with Crippen molar-refractivity contribution < 1.29 is 9.53 Å². The summed E-state index contributed by atoms with van der Waals surface area (Å²) in [5.74, 6) is 0.425. The summed E-state index contributed by atoms with van der Waals surface area (Å²) >= 11 is 0. The number of benzene rings is 1.